The van der Waals surface area contributed by atoms with E-state index in [1.807, 2.05) is 0 Å². The third kappa shape index (κ3) is 1.74. The van der Waals surface area contributed by atoms with Crippen LogP contribution in [-0.4, -0.2) is 37.3 Å². The van der Waals surface area contributed by atoms with Crippen LogP contribution >= 0.6 is 11.8 Å². The van der Waals surface area contributed by atoms with Gasteiger partial charge in [-0.1, -0.05) is 11.8 Å². The quantitative estimate of drug-likeness (QED) is 0.565. The van der Waals surface area contributed by atoms with Crippen LogP contribution in [0.5, 0.6) is 0 Å². The molecule has 0 fully saturated rings. The highest BCUT2D eigenvalue weighted by atomic mass is 32.2. The molecule has 82 valence electrons. The monoisotopic (exact) mass is 238 g/mol. The molecule has 16 heavy (non-hydrogen) atoms. The van der Waals surface area contributed by atoms with Crippen LogP contribution in [-0.2, 0) is 0 Å². The Balaban J connectivity index is 2.74. The van der Waals surface area contributed by atoms with Gasteiger partial charge in [-0.05, 0) is 6.26 Å². The molecule has 0 radical (unpaired) electrons. The highest BCUT2D eigenvalue weighted by molar-refractivity contribution is 7.98. The summed E-state index contributed by atoms with van der Waals surface area (Å²) in [5.41, 5.74) is -0.858. The lowest BCUT2D eigenvalue weighted by Crippen LogP contribution is -2.20. The van der Waals surface area contributed by atoms with E-state index in [4.69, 9.17) is 5.11 Å². The second kappa shape index (κ2) is 3.89. The van der Waals surface area contributed by atoms with Gasteiger partial charge in [-0.2, -0.15) is 0 Å². The number of carbonyl (C=O) groups is 1. The number of fused-ring (bicyclic) bond motifs is 1. The number of rotatable bonds is 2. The van der Waals surface area contributed by atoms with Gasteiger partial charge in [0.1, 0.15) is 5.52 Å². The SMILES string of the molecule is CSc1ncc2nc(C(=O)O)c(=O)[nH]c2n1. The van der Waals surface area contributed by atoms with Crippen molar-refractivity contribution in [2.75, 3.05) is 6.26 Å². The minimum atomic E-state index is -1.38. The molecule has 0 saturated heterocycles. The fourth-order valence-corrected chi connectivity index (χ4v) is 1.46. The highest BCUT2D eigenvalue weighted by Crippen LogP contribution is 2.10. The number of H-pyrrole nitrogens is 1. The normalized spacial score (nSPS) is 10.6. The zero-order valence-electron chi connectivity index (χ0n) is 8.09. The fourth-order valence-electron chi connectivity index (χ4n) is 1.11. The summed E-state index contributed by atoms with van der Waals surface area (Å²) < 4.78 is 0. The van der Waals surface area contributed by atoms with Crippen molar-refractivity contribution in [1.29, 1.82) is 0 Å². The van der Waals surface area contributed by atoms with E-state index in [-0.39, 0.29) is 11.2 Å². The number of thioether (sulfide) groups is 1. The zero-order valence-corrected chi connectivity index (χ0v) is 8.91. The summed E-state index contributed by atoms with van der Waals surface area (Å²) in [7, 11) is 0. The zero-order chi connectivity index (χ0) is 11.7. The molecule has 2 N–H and O–H groups in total. The Morgan fingerprint density at radius 3 is 2.88 bits per heavy atom. The average molecular weight is 238 g/mol. The molecule has 0 aromatic carbocycles. The van der Waals surface area contributed by atoms with Gasteiger partial charge in [0.15, 0.2) is 10.8 Å². The summed E-state index contributed by atoms with van der Waals surface area (Å²) in [4.78, 5) is 35.9. The molecule has 0 atom stereocenters. The number of carboxylic acids is 1. The first-order chi connectivity index (χ1) is 7.61. The maximum absolute atomic E-state index is 11.3. The van der Waals surface area contributed by atoms with Gasteiger partial charge >= 0.3 is 5.97 Å². The predicted octanol–water partition coefficient (Wildman–Crippen LogP) is 0.133. The van der Waals surface area contributed by atoms with Crippen LogP contribution in [0.3, 0.4) is 0 Å². The van der Waals surface area contributed by atoms with E-state index in [1.54, 1.807) is 6.26 Å². The second-order valence-corrected chi connectivity index (χ2v) is 3.58. The first kappa shape index (κ1) is 10.6. The van der Waals surface area contributed by atoms with Crippen LogP contribution in [0.1, 0.15) is 10.5 Å². The number of hydrogen-bond donors (Lipinski definition) is 2. The maximum atomic E-state index is 11.3. The molecule has 0 bridgehead atoms. The van der Waals surface area contributed by atoms with Crippen molar-refractivity contribution in [2.24, 2.45) is 0 Å². The molecule has 0 saturated carbocycles. The van der Waals surface area contributed by atoms with Crippen LogP contribution in [0.15, 0.2) is 16.1 Å². The molecule has 0 spiro atoms. The Kier molecular flexibility index (Phi) is 2.57. The minimum Gasteiger partial charge on any atom is -0.476 e. The summed E-state index contributed by atoms with van der Waals surface area (Å²) in [6.45, 7) is 0. The van der Waals surface area contributed by atoms with Crippen LogP contribution in [0.25, 0.3) is 11.2 Å². The molecule has 0 unspecified atom stereocenters. The molecule has 2 aromatic heterocycles. The largest absolute Gasteiger partial charge is 0.476 e. The summed E-state index contributed by atoms with van der Waals surface area (Å²) in [6, 6.07) is 0. The highest BCUT2D eigenvalue weighted by Gasteiger charge is 2.12. The van der Waals surface area contributed by atoms with Crippen molar-refractivity contribution in [3.05, 3.63) is 22.2 Å². The second-order valence-electron chi connectivity index (χ2n) is 2.81. The number of nitrogens with zero attached hydrogens (tertiary/aromatic N) is 3. The lowest BCUT2D eigenvalue weighted by molar-refractivity contribution is 0.0689. The van der Waals surface area contributed by atoms with Crippen LogP contribution in [0.4, 0.5) is 0 Å². The van der Waals surface area contributed by atoms with E-state index in [1.165, 1.54) is 18.0 Å². The van der Waals surface area contributed by atoms with Crippen molar-refractivity contribution < 1.29 is 9.90 Å². The number of nitrogens with one attached hydrogen (secondary N) is 1. The molecular formula is C8H6N4O3S. The molecule has 0 amide bonds. The molecular weight excluding hydrogens is 232 g/mol. The van der Waals surface area contributed by atoms with Gasteiger partial charge in [0.05, 0.1) is 6.20 Å². The van der Waals surface area contributed by atoms with Crippen LogP contribution in [0, 0.1) is 0 Å². The Labute approximate surface area is 93.0 Å². The molecule has 7 nitrogen and oxygen atoms in total. The third-order valence-electron chi connectivity index (χ3n) is 1.81. The van der Waals surface area contributed by atoms with E-state index in [0.717, 1.165) is 0 Å². The molecule has 0 aliphatic rings. The van der Waals surface area contributed by atoms with Gasteiger partial charge < -0.3 is 10.1 Å². The molecule has 0 aliphatic carbocycles. The Morgan fingerprint density at radius 2 is 2.25 bits per heavy atom. The Bertz CT molecular complexity index is 624. The van der Waals surface area contributed by atoms with Gasteiger partial charge in [0, 0.05) is 0 Å². The van der Waals surface area contributed by atoms with Crippen LogP contribution < -0.4 is 5.56 Å². The Morgan fingerprint density at radius 1 is 1.50 bits per heavy atom. The lowest BCUT2D eigenvalue weighted by atomic mass is 10.4. The molecule has 2 aromatic rings. The molecule has 2 rings (SSSR count). The van der Waals surface area contributed by atoms with E-state index in [0.29, 0.717) is 5.16 Å². The standard InChI is InChI=1S/C8H6N4O3S/c1-16-8-9-2-3-5(12-8)11-6(13)4(10-3)7(14)15/h2H,1H3,(H,14,15)(H,9,11,12,13). The van der Waals surface area contributed by atoms with Crippen molar-refractivity contribution >= 4 is 28.9 Å². The van der Waals surface area contributed by atoms with Gasteiger partial charge in [-0.3, -0.25) is 4.79 Å². The van der Waals surface area contributed by atoms with Gasteiger partial charge in [-0.25, -0.2) is 19.7 Å². The first-order valence-corrected chi connectivity index (χ1v) is 5.38. The summed E-state index contributed by atoms with van der Waals surface area (Å²) in [5, 5.41) is 9.18. The lowest BCUT2D eigenvalue weighted by Gasteiger charge is -1.99. The van der Waals surface area contributed by atoms with Crippen molar-refractivity contribution in [3.63, 3.8) is 0 Å². The van der Waals surface area contributed by atoms with E-state index in [2.05, 4.69) is 19.9 Å². The van der Waals surface area contributed by atoms with Crippen molar-refractivity contribution in [1.82, 2.24) is 19.9 Å². The number of hydrogen-bond acceptors (Lipinski definition) is 6. The van der Waals surface area contributed by atoms with E-state index >= 15 is 0 Å². The Hall–Kier alpha value is -1.96. The van der Waals surface area contributed by atoms with Gasteiger partial charge in [0.2, 0.25) is 5.69 Å². The predicted molar refractivity (Wildman–Crippen MR) is 56.7 cm³/mol. The van der Waals surface area contributed by atoms with Crippen molar-refractivity contribution in [2.45, 2.75) is 5.16 Å². The third-order valence-corrected chi connectivity index (χ3v) is 2.37. The number of aromatic carboxylic acids is 1. The summed E-state index contributed by atoms with van der Waals surface area (Å²) in [5.74, 6) is -1.38. The molecule has 0 aliphatic heterocycles. The van der Waals surface area contributed by atoms with Gasteiger partial charge in [0.25, 0.3) is 5.56 Å². The number of aromatic nitrogens is 4. The van der Waals surface area contributed by atoms with Crippen molar-refractivity contribution in [3.8, 4) is 0 Å². The summed E-state index contributed by atoms with van der Waals surface area (Å²) in [6.07, 6.45) is 3.16. The first-order valence-electron chi connectivity index (χ1n) is 4.16. The smallest absolute Gasteiger partial charge is 0.360 e. The molecule has 8 heteroatoms. The molecule has 2 heterocycles. The van der Waals surface area contributed by atoms with Crippen LogP contribution in [0.2, 0.25) is 0 Å². The van der Waals surface area contributed by atoms with E-state index in [9.17, 15) is 9.59 Å². The number of aromatic amines is 1. The van der Waals surface area contributed by atoms with E-state index < -0.39 is 17.2 Å². The fraction of sp³-hybridized carbons (Fsp3) is 0.125. The maximum Gasteiger partial charge on any atom is 0.360 e. The number of carboxylic acid groups (broad SMARTS) is 1. The minimum absolute atomic E-state index is 0.231. The summed E-state index contributed by atoms with van der Waals surface area (Å²) >= 11 is 1.31. The average Bonchev–Trinajstić information content (AvgIpc) is 2.27. The van der Waals surface area contributed by atoms with Gasteiger partial charge in [-0.15, -0.1) is 0 Å². The topological polar surface area (TPSA) is 109 Å².